The molecule has 2 aromatic rings. The molecule has 0 radical (unpaired) electrons. The molecule has 0 amide bonds. The molecule has 0 unspecified atom stereocenters. The molecule has 4 heteroatoms. The van der Waals surface area contributed by atoms with E-state index >= 15 is 0 Å². The second-order valence-electron chi connectivity index (χ2n) is 7.23. The molecule has 0 saturated heterocycles. The van der Waals surface area contributed by atoms with Gasteiger partial charge in [-0.1, -0.05) is 42.5 Å². The SMILES string of the molecule is CC(=Nc1c(C)cccc1C)C1=CCC(C(C)=Nc2c(C)cccc2C)=N1.[CH3-].[CH3-].[Fe+2]. The van der Waals surface area contributed by atoms with Crippen molar-refractivity contribution in [2.24, 2.45) is 15.0 Å². The van der Waals surface area contributed by atoms with Crippen molar-refractivity contribution in [1.82, 2.24) is 0 Å². The van der Waals surface area contributed by atoms with Crippen molar-refractivity contribution >= 4 is 28.5 Å². The number of benzene rings is 2. The van der Waals surface area contributed by atoms with E-state index < -0.39 is 0 Å². The number of rotatable bonds is 4. The van der Waals surface area contributed by atoms with Crippen LogP contribution in [-0.2, 0) is 17.1 Å². The Morgan fingerprint density at radius 2 is 1.13 bits per heavy atom. The molecule has 0 bridgehead atoms. The first kappa shape index (κ1) is 27.7. The van der Waals surface area contributed by atoms with E-state index in [2.05, 4.69) is 70.2 Å². The van der Waals surface area contributed by atoms with Crippen molar-refractivity contribution in [3.05, 3.63) is 85.3 Å². The summed E-state index contributed by atoms with van der Waals surface area (Å²) in [6, 6.07) is 12.5. The van der Waals surface area contributed by atoms with Gasteiger partial charge in [-0.2, -0.15) is 0 Å². The Morgan fingerprint density at radius 1 is 0.733 bits per heavy atom. The van der Waals surface area contributed by atoms with Gasteiger partial charge >= 0.3 is 17.1 Å². The van der Waals surface area contributed by atoms with Gasteiger partial charge in [-0.15, -0.1) is 0 Å². The largest absolute Gasteiger partial charge is 2.00 e. The van der Waals surface area contributed by atoms with Crippen LogP contribution in [0.4, 0.5) is 11.4 Å². The van der Waals surface area contributed by atoms with Crippen LogP contribution >= 0.6 is 0 Å². The molecule has 30 heavy (non-hydrogen) atoms. The van der Waals surface area contributed by atoms with Crippen LogP contribution in [-0.4, -0.2) is 17.1 Å². The Morgan fingerprint density at radius 3 is 1.57 bits per heavy atom. The van der Waals surface area contributed by atoms with Gasteiger partial charge in [0.1, 0.15) is 0 Å². The van der Waals surface area contributed by atoms with E-state index in [0.29, 0.717) is 0 Å². The van der Waals surface area contributed by atoms with E-state index in [1.807, 2.05) is 13.8 Å². The molecule has 3 rings (SSSR count). The average Bonchev–Trinajstić information content (AvgIpc) is 3.12. The fraction of sp³-hybridized carbons (Fsp3) is 0.269. The fourth-order valence-corrected chi connectivity index (χ4v) is 3.31. The molecule has 1 aliphatic rings. The molecular formula is C26H33FeN3. The quantitative estimate of drug-likeness (QED) is 0.268. The van der Waals surface area contributed by atoms with Gasteiger partial charge in [0.05, 0.1) is 34.2 Å². The summed E-state index contributed by atoms with van der Waals surface area (Å²) in [5, 5.41) is 0. The predicted octanol–water partition coefficient (Wildman–Crippen LogP) is 7.43. The Balaban J connectivity index is 0.00000280. The van der Waals surface area contributed by atoms with Crippen LogP contribution in [0.25, 0.3) is 0 Å². The summed E-state index contributed by atoms with van der Waals surface area (Å²) in [5.41, 5.74) is 10.7. The van der Waals surface area contributed by atoms with Crippen molar-refractivity contribution in [3.63, 3.8) is 0 Å². The second kappa shape index (κ2) is 11.8. The summed E-state index contributed by atoms with van der Waals surface area (Å²) >= 11 is 0. The van der Waals surface area contributed by atoms with Gasteiger partial charge in [0.15, 0.2) is 0 Å². The summed E-state index contributed by atoms with van der Waals surface area (Å²) in [4.78, 5) is 14.5. The molecule has 0 aromatic heterocycles. The molecule has 0 N–H and O–H groups in total. The summed E-state index contributed by atoms with van der Waals surface area (Å²) in [6.45, 7) is 12.5. The molecule has 0 atom stereocenters. The number of para-hydroxylation sites is 2. The normalized spacial score (nSPS) is 13.5. The Kier molecular flexibility index (Phi) is 10.9. The van der Waals surface area contributed by atoms with Gasteiger partial charge in [-0.05, 0) is 63.8 Å². The summed E-state index contributed by atoms with van der Waals surface area (Å²) in [7, 11) is 0. The van der Waals surface area contributed by atoms with Crippen molar-refractivity contribution in [3.8, 4) is 0 Å². The van der Waals surface area contributed by atoms with Crippen LogP contribution in [0.2, 0.25) is 0 Å². The van der Waals surface area contributed by atoms with Crippen LogP contribution in [0, 0.1) is 42.5 Å². The molecule has 1 aliphatic heterocycles. The van der Waals surface area contributed by atoms with Crippen LogP contribution in [0.5, 0.6) is 0 Å². The number of aryl methyl sites for hydroxylation is 4. The van der Waals surface area contributed by atoms with E-state index in [4.69, 9.17) is 15.0 Å². The van der Waals surface area contributed by atoms with E-state index in [1.54, 1.807) is 0 Å². The van der Waals surface area contributed by atoms with E-state index in [9.17, 15) is 0 Å². The Labute approximate surface area is 193 Å². The zero-order valence-electron chi connectivity index (χ0n) is 19.4. The van der Waals surface area contributed by atoms with E-state index in [1.165, 1.54) is 22.3 Å². The summed E-state index contributed by atoms with van der Waals surface area (Å²) in [5.74, 6) is 0. The molecule has 0 fully saturated rings. The predicted molar refractivity (Wildman–Crippen MR) is 130 cm³/mol. The Bertz CT molecular complexity index is 970. The van der Waals surface area contributed by atoms with Crippen molar-refractivity contribution in [2.75, 3.05) is 0 Å². The molecule has 160 valence electrons. The fourth-order valence-electron chi connectivity index (χ4n) is 3.31. The van der Waals surface area contributed by atoms with Crippen LogP contribution in [0.3, 0.4) is 0 Å². The van der Waals surface area contributed by atoms with Gasteiger partial charge in [-0.3, -0.25) is 9.98 Å². The third-order valence-electron chi connectivity index (χ3n) is 4.97. The standard InChI is InChI=1S/C24H27N3.2CH3.Fe/c1-15-9-7-10-16(2)23(15)25-19(5)21-13-14-22(27-21)20(6)26-24-17(3)11-8-12-18(24)4;;;/h7-13H,14H2,1-6H3;2*1H3;/q;2*-1;+2. The topological polar surface area (TPSA) is 37.1 Å². The molecule has 3 nitrogen and oxygen atoms in total. The molecule has 1 heterocycles. The van der Waals surface area contributed by atoms with Crippen LogP contribution in [0.15, 0.2) is 63.1 Å². The van der Waals surface area contributed by atoms with Crippen molar-refractivity contribution in [1.29, 1.82) is 0 Å². The summed E-state index contributed by atoms with van der Waals surface area (Å²) < 4.78 is 0. The average molecular weight is 443 g/mol. The number of aliphatic imine (C=N–C) groups is 3. The zero-order valence-corrected chi connectivity index (χ0v) is 20.5. The number of hydrogen-bond acceptors (Lipinski definition) is 3. The minimum atomic E-state index is 0. The van der Waals surface area contributed by atoms with Gasteiger partial charge in [0.25, 0.3) is 0 Å². The maximum Gasteiger partial charge on any atom is 2.00 e. The molecular weight excluding hydrogens is 410 g/mol. The van der Waals surface area contributed by atoms with E-state index in [0.717, 1.165) is 40.6 Å². The van der Waals surface area contributed by atoms with Crippen LogP contribution < -0.4 is 0 Å². The van der Waals surface area contributed by atoms with Crippen molar-refractivity contribution < 1.29 is 17.1 Å². The number of hydrogen-bond donors (Lipinski definition) is 0. The van der Waals surface area contributed by atoms with Crippen LogP contribution in [0.1, 0.15) is 42.5 Å². The zero-order chi connectivity index (χ0) is 19.6. The maximum absolute atomic E-state index is 4.86. The third-order valence-corrected chi connectivity index (χ3v) is 4.97. The van der Waals surface area contributed by atoms with Gasteiger partial charge in [-0.25, -0.2) is 4.99 Å². The first-order valence-corrected chi connectivity index (χ1v) is 9.38. The summed E-state index contributed by atoms with van der Waals surface area (Å²) in [6.07, 6.45) is 2.95. The Hall–Kier alpha value is -2.29. The first-order valence-electron chi connectivity index (χ1n) is 9.38. The number of nitrogens with zero attached hydrogens (tertiary/aromatic N) is 3. The van der Waals surface area contributed by atoms with Gasteiger partial charge < -0.3 is 14.9 Å². The minimum Gasteiger partial charge on any atom is -0.358 e. The molecule has 0 saturated carbocycles. The third kappa shape index (κ3) is 6.10. The number of allylic oxidation sites excluding steroid dienone is 2. The molecule has 2 aromatic carbocycles. The van der Waals surface area contributed by atoms with Gasteiger partial charge in [0.2, 0.25) is 0 Å². The minimum absolute atomic E-state index is 0. The van der Waals surface area contributed by atoms with E-state index in [-0.39, 0.29) is 31.9 Å². The van der Waals surface area contributed by atoms with Gasteiger partial charge in [0, 0.05) is 6.42 Å². The smallest absolute Gasteiger partial charge is 0.358 e. The maximum atomic E-state index is 4.86. The molecule has 0 spiro atoms. The second-order valence-corrected chi connectivity index (χ2v) is 7.23. The monoisotopic (exact) mass is 443 g/mol. The first-order chi connectivity index (χ1) is 12.9. The van der Waals surface area contributed by atoms with Crippen molar-refractivity contribution in [2.45, 2.75) is 48.0 Å². The molecule has 0 aliphatic carbocycles.